The Labute approximate surface area is 162 Å². The number of anilines is 1. The number of aromatic nitrogens is 1. The number of piperidine rings is 2. The molecule has 0 aliphatic carbocycles. The first-order valence-electron chi connectivity index (χ1n) is 9.10. The highest BCUT2D eigenvalue weighted by molar-refractivity contribution is 7.90. The minimum atomic E-state index is -3.36. The summed E-state index contributed by atoms with van der Waals surface area (Å²) in [5.41, 5.74) is 0.349. The van der Waals surface area contributed by atoms with Gasteiger partial charge in [-0.3, -0.25) is 4.79 Å². The van der Waals surface area contributed by atoms with Crippen LogP contribution in [0.15, 0.2) is 35.4 Å². The summed E-state index contributed by atoms with van der Waals surface area (Å²) in [4.78, 5) is 20.2. The topological polar surface area (TPSA) is 87.6 Å². The first-order valence-corrected chi connectivity index (χ1v) is 11.8. The van der Waals surface area contributed by atoms with E-state index in [0.717, 1.165) is 43.5 Å². The molecule has 6 nitrogen and oxygen atoms in total. The molecule has 2 aliphatic rings. The fourth-order valence-corrected chi connectivity index (χ4v) is 5.85. The molecule has 8 heteroatoms. The number of ketones is 1. The van der Waals surface area contributed by atoms with Crippen molar-refractivity contribution in [2.24, 2.45) is 0 Å². The standard InChI is InChI=1S/C19H22N2O4S2/c1-27(24,25)16-7-2-4-12(8-16)18(23)17-11-20-19(26-17)21-13-5-3-6-14(21)10-15(22)9-13/h2,4,7-8,11,13-15,22H,3,5-6,9-10H2,1H3. The van der Waals surface area contributed by atoms with Gasteiger partial charge in [0.25, 0.3) is 0 Å². The van der Waals surface area contributed by atoms with E-state index in [2.05, 4.69) is 9.88 Å². The van der Waals surface area contributed by atoms with Gasteiger partial charge in [0.1, 0.15) is 0 Å². The maximum absolute atomic E-state index is 12.8. The molecule has 2 aliphatic heterocycles. The summed E-state index contributed by atoms with van der Waals surface area (Å²) in [5.74, 6) is -0.216. The average molecular weight is 407 g/mol. The van der Waals surface area contributed by atoms with Crippen LogP contribution in [0.4, 0.5) is 5.13 Å². The van der Waals surface area contributed by atoms with Gasteiger partial charge in [0.2, 0.25) is 5.78 Å². The Morgan fingerprint density at radius 3 is 2.63 bits per heavy atom. The minimum Gasteiger partial charge on any atom is -0.393 e. The first-order chi connectivity index (χ1) is 12.8. The summed E-state index contributed by atoms with van der Waals surface area (Å²) in [6.07, 6.45) is 7.18. The number of hydrogen-bond donors (Lipinski definition) is 1. The molecular weight excluding hydrogens is 384 g/mol. The molecule has 1 aromatic heterocycles. The largest absolute Gasteiger partial charge is 0.393 e. The number of aliphatic hydroxyl groups is 1. The molecule has 4 rings (SSSR count). The number of rotatable bonds is 4. The Balaban J connectivity index is 1.61. The van der Waals surface area contributed by atoms with Crippen molar-refractivity contribution >= 4 is 32.1 Å². The molecular formula is C19H22N2O4S2. The third kappa shape index (κ3) is 3.66. The zero-order valence-corrected chi connectivity index (χ0v) is 16.7. The van der Waals surface area contributed by atoms with Crippen LogP contribution >= 0.6 is 11.3 Å². The normalized spacial score (nSPS) is 25.4. The number of nitrogens with zero attached hydrogens (tertiary/aromatic N) is 2. The maximum atomic E-state index is 12.8. The van der Waals surface area contributed by atoms with Gasteiger partial charge in [-0.15, -0.1) is 0 Å². The molecule has 0 radical (unpaired) electrons. The van der Waals surface area contributed by atoms with Crippen LogP contribution in [0.1, 0.15) is 47.3 Å². The Kier molecular flexibility index (Phi) is 4.82. The van der Waals surface area contributed by atoms with Crippen molar-refractivity contribution in [3.05, 3.63) is 40.9 Å². The second-order valence-electron chi connectivity index (χ2n) is 7.41. The van der Waals surface area contributed by atoms with Gasteiger partial charge in [-0.25, -0.2) is 13.4 Å². The zero-order chi connectivity index (χ0) is 19.2. The van der Waals surface area contributed by atoms with E-state index in [1.165, 1.54) is 23.5 Å². The summed E-state index contributed by atoms with van der Waals surface area (Å²) in [5, 5.41) is 10.9. The van der Waals surface area contributed by atoms with Crippen molar-refractivity contribution in [3.8, 4) is 0 Å². The Morgan fingerprint density at radius 2 is 1.96 bits per heavy atom. The monoisotopic (exact) mass is 406 g/mol. The summed E-state index contributed by atoms with van der Waals surface area (Å²) < 4.78 is 23.5. The number of thiazole rings is 1. The lowest BCUT2D eigenvalue weighted by Gasteiger charge is -2.47. The first kappa shape index (κ1) is 18.6. The molecule has 2 atom stereocenters. The number of benzene rings is 1. The molecule has 3 heterocycles. The molecule has 0 amide bonds. The third-order valence-electron chi connectivity index (χ3n) is 5.41. The van der Waals surface area contributed by atoms with Gasteiger partial charge >= 0.3 is 0 Å². The summed E-state index contributed by atoms with van der Waals surface area (Å²) >= 11 is 1.35. The van der Waals surface area contributed by atoms with Crippen molar-refractivity contribution in [2.45, 2.75) is 55.2 Å². The van der Waals surface area contributed by atoms with Crippen LogP contribution in [0.5, 0.6) is 0 Å². The highest BCUT2D eigenvalue weighted by Crippen LogP contribution is 2.39. The van der Waals surface area contributed by atoms with E-state index in [9.17, 15) is 18.3 Å². The van der Waals surface area contributed by atoms with Crippen LogP contribution < -0.4 is 4.90 Å². The molecule has 27 heavy (non-hydrogen) atoms. The van der Waals surface area contributed by atoms with Crippen LogP contribution in [0.2, 0.25) is 0 Å². The molecule has 0 spiro atoms. The number of hydrogen-bond acceptors (Lipinski definition) is 7. The second-order valence-corrected chi connectivity index (χ2v) is 10.4. The second kappa shape index (κ2) is 7.00. The number of fused-ring (bicyclic) bond motifs is 2. The lowest BCUT2D eigenvalue weighted by atomic mass is 9.83. The Bertz CT molecular complexity index is 956. The summed E-state index contributed by atoms with van der Waals surface area (Å²) in [6.45, 7) is 0. The quantitative estimate of drug-likeness (QED) is 0.786. The molecule has 144 valence electrons. The van der Waals surface area contributed by atoms with Crippen LogP contribution in [-0.4, -0.2) is 48.7 Å². The predicted octanol–water partition coefficient (Wildman–Crippen LogP) is 2.66. The van der Waals surface area contributed by atoms with Crippen molar-refractivity contribution in [1.82, 2.24) is 4.98 Å². The van der Waals surface area contributed by atoms with Crippen molar-refractivity contribution < 1.29 is 18.3 Å². The number of carbonyl (C=O) groups excluding carboxylic acids is 1. The number of aliphatic hydroxyl groups excluding tert-OH is 1. The Hall–Kier alpha value is -1.77. The molecule has 2 fully saturated rings. The maximum Gasteiger partial charge on any atom is 0.204 e. The van der Waals surface area contributed by atoms with Gasteiger partial charge < -0.3 is 10.0 Å². The molecule has 1 N–H and O–H groups in total. The molecule has 2 saturated heterocycles. The van der Waals surface area contributed by atoms with Gasteiger partial charge in [-0.1, -0.05) is 23.5 Å². The van der Waals surface area contributed by atoms with Gasteiger partial charge in [-0.05, 0) is 44.2 Å². The minimum absolute atomic E-state index is 0.137. The Morgan fingerprint density at radius 1 is 1.26 bits per heavy atom. The highest BCUT2D eigenvalue weighted by atomic mass is 32.2. The average Bonchev–Trinajstić information content (AvgIpc) is 3.09. The predicted molar refractivity (Wildman–Crippen MR) is 104 cm³/mol. The summed E-state index contributed by atoms with van der Waals surface area (Å²) in [7, 11) is -3.36. The van der Waals surface area contributed by atoms with Gasteiger partial charge in [0, 0.05) is 23.9 Å². The van der Waals surface area contributed by atoms with Gasteiger partial charge in [-0.2, -0.15) is 0 Å². The smallest absolute Gasteiger partial charge is 0.204 e. The van der Waals surface area contributed by atoms with Crippen molar-refractivity contribution in [3.63, 3.8) is 0 Å². The van der Waals surface area contributed by atoms with E-state index in [1.807, 2.05) is 0 Å². The fraction of sp³-hybridized carbons (Fsp3) is 0.474. The molecule has 2 unspecified atom stereocenters. The van der Waals surface area contributed by atoms with E-state index in [0.29, 0.717) is 10.4 Å². The van der Waals surface area contributed by atoms with E-state index < -0.39 is 9.84 Å². The molecule has 1 aromatic carbocycles. The fourth-order valence-electron chi connectivity index (χ4n) is 4.16. The summed E-state index contributed by atoms with van der Waals surface area (Å²) in [6, 6.07) is 6.67. The van der Waals surface area contributed by atoms with E-state index >= 15 is 0 Å². The van der Waals surface area contributed by atoms with Crippen LogP contribution in [0.3, 0.4) is 0 Å². The van der Waals surface area contributed by atoms with E-state index in [1.54, 1.807) is 18.3 Å². The lowest BCUT2D eigenvalue weighted by molar-refractivity contribution is 0.0928. The highest BCUT2D eigenvalue weighted by Gasteiger charge is 2.39. The third-order valence-corrected chi connectivity index (χ3v) is 7.53. The van der Waals surface area contributed by atoms with Crippen LogP contribution in [0, 0.1) is 0 Å². The van der Waals surface area contributed by atoms with E-state index in [-0.39, 0.29) is 28.9 Å². The van der Waals surface area contributed by atoms with Crippen molar-refractivity contribution in [2.75, 3.05) is 11.2 Å². The van der Waals surface area contributed by atoms with Gasteiger partial charge in [0.15, 0.2) is 15.0 Å². The van der Waals surface area contributed by atoms with E-state index in [4.69, 9.17) is 0 Å². The molecule has 2 aromatic rings. The molecule has 0 saturated carbocycles. The number of carbonyl (C=O) groups is 1. The van der Waals surface area contributed by atoms with Gasteiger partial charge in [0.05, 0.1) is 22.1 Å². The SMILES string of the molecule is CS(=O)(=O)c1cccc(C(=O)c2cnc(N3C4CCCC3CC(O)C4)s2)c1. The van der Waals surface area contributed by atoms with Crippen molar-refractivity contribution in [1.29, 1.82) is 0 Å². The molecule has 2 bridgehead atoms. The number of sulfone groups is 1. The van der Waals surface area contributed by atoms with Crippen LogP contribution in [-0.2, 0) is 9.84 Å². The zero-order valence-electron chi connectivity index (χ0n) is 15.0. The van der Waals surface area contributed by atoms with Crippen LogP contribution in [0.25, 0.3) is 0 Å². The lowest BCUT2D eigenvalue weighted by Crippen LogP contribution is -2.53.